The Morgan fingerprint density at radius 1 is 0.906 bits per heavy atom. The minimum Gasteiger partial charge on any atom is -0.360 e. The monoisotopic (exact) mass is 449 g/mol. The van der Waals surface area contributed by atoms with Gasteiger partial charge in [-0.2, -0.15) is 0 Å². The van der Waals surface area contributed by atoms with E-state index in [0.717, 1.165) is 0 Å². The van der Waals surface area contributed by atoms with E-state index in [1.807, 2.05) is 6.07 Å². The Morgan fingerprint density at radius 3 is 2.25 bits per heavy atom. The second-order valence-corrected chi connectivity index (χ2v) is 7.32. The van der Waals surface area contributed by atoms with Crippen LogP contribution in [0.1, 0.15) is 26.5 Å². The van der Waals surface area contributed by atoms with Gasteiger partial charge in [-0.25, -0.2) is 4.39 Å². The average molecular weight is 450 g/mol. The number of carbonyl (C=O) groups excluding carboxylic acids is 2. The summed E-state index contributed by atoms with van der Waals surface area (Å²) >= 11 is 6.14. The molecule has 2 N–H and O–H groups in total. The molecular weight excluding hydrogens is 433 g/mol. The molecule has 1 heterocycles. The number of aryl methyl sites for hydroxylation is 1. The van der Waals surface area contributed by atoms with Crippen LogP contribution in [0.5, 0.6) is 0 Å². The van der Waals surface area contributed by atoms with Gasteiger partial charge in [0.2, 0.25) is 0 Å². The van der Waals surface area contributed by atoms with E-state index in [4.69, 9.17) is 16.1 Å². The Balaban J connectivity index is 1.58. The van der Waals surface area contributed by atoms with E-state index in [1.165, 1.54) is 18.2 Å². The summed E-state index contributed by atoms with van der Waals surface area (Å²) < 4.78 is 19.5. The predicted octanol–water partition coefficient (Wildman–Crippen LogP) is 5.95. The molecule has 0 bridgehead atoms. The fourth-order valence-corrected chi connectivity index (χ4v) is 3.45. The molecule has 0 saturated heterocycles. The van der Waals surface area contributed by atoms with Crippen LogP contribution in [0, 0.1) is 12.7 Å². The Kier molecular flexibility index (Phi) is 6.00. The maximum absolute atomic E-state index is 14.4. The summed E-state index contributed by atoms with van der Waals surface area (Å²) in [5, 5.41) is 9.47. The van der Waals surface area contributed by atoms with Gasteiger partial charge in [-0.1, -0.05) is 47.1 Å². The van der Waals surface area contributed by atoms with Crippen molar-refractivity contribution in [2.24, 2.45) is 0 Å². The maximum Gasteiger partial charge on any atom is 0.261 e. The summed E-state index contributed by atoms with van der Waals surface area (Å²) in [7, 11) is 0. The van der Waals surface area contributed by atoms with Gasteiger partial charge in [0.05, 0.1) is 10.6 Å². The first-order valence-electron chi connectivity index (χ1n) is 9.62. The molecule has 0 aliphatic rings. The molecule has 32 heavy (non-hydrogen) atoms. The molecule has 1 aromatic heterocycles. The topological polar surface area (TPSA) is 84.2 Å². The summed E-state index contributed by atoms with van der Waals surface area (Å²) in [6.45, 7) is 1.55. The van der Waals surface area contributed by atoms with Crippen LogP contribution in [0.2, 0.25) is 5.02 Å². The number of benzene rings is 3. The first-order valence-corrected chi connectivity index (χ1v) is 10.0. The molecule has 8 heteroatoms. The number of nitrogens with zero attached hydrogens (tertiary/aromatic N) is 1. The van der Waals surface area contributed by atoms with Gasteiger partial charge in [0, 0.05) is 16.9 Å². The smallest absolute Gasteiger partial charge is 0.261 e. The van der Waals surface area contributed by atoms with Gasteiger partial charge in [0.25, 0.3) is 11.8 Å². The van der Waals surface area contributed by atoms with Gasteiger partial charge in [-0.3, -0.25) is 9.59 Å². The third-order valence-electron chi connectivity index (χ3n) is 4.70. The highest BCUT2D eigenvalue weighted by atomic mass is 35.5. The van der Waals surface area contributed by atoms with E-state index in [1.54, 1.807) is 55.5 Å². The predicted molar refractivity (Wildman–Crippen MR) is 120 cm³/mol. The van der Waals surface area contributed by atoms with Crippen molar-refractivity contribution in [2.75, 3.05) is 10.6 Å². The highest BCUT2D eigenvalue weighted by Gasteiger charge is 2.25. The lowest BCUT2D eigenvalue weighted by molar-refractivity contribution is 0.101. The summed E-state index contributed by atoms with van der Waals surface area (Å²) in [5.74, 6) is -1.24. The number of rotatable bonds is 5. The lowest BCUT2D eigenvalue weighted by Crippen LogP contribution is -2.15. The van der Waals surface area contributed by atoms with Crippen LogP contribution < -0.4 is 10.6 Å². The van der Waals surface area contributed by atoms with Gasteiger partial charge >= 0.3 is 0 Å². The molecular formula is C24H17ClFN3O3. The molecule has 0 atom stereocenters. The van der Waals surface area contributed by atoms with Crippen molar-refractivity contribution >= 4 is 34.8 Å². The molecule has 4 rings (SSSR count). The zero-order valence-electron chi connectivity index (χ0n) is 16.9. The van der Waals surface area contributed by atoms with Crippen molar-refractivity contribution in [3.63, 3.8) is 0 Å². The molecule has 2 amide bonds. The Morgan fingerprint density at radius 2 is 1.56 bits per heavy atom. The first-order chi connectivity index (χ1) is 15.4. The van der Waals surface area contributed by atoms with Crippen LogP contribution in [0.4, 0.5) is 15.8 Å². The van der Waals surface area contributed by atoms with Gasteiger partial charge in [0.1, 0.15) is 22.8 Å². The van der Waals surface area contributed by atoms with Crippen molar-refractivity contribution < 1.29 is 18.5 Å². The third-order valence-corrected chi connectivity index (χ3v) is 5.02. The van der Waals surface area contributed by atoms with Gasteiger partial charge in [-0.05, 0) is 49.4 Å². The molecule has 0 fully saturated rings. The highest BCUT2D eigenvalue weighted by molar-refractivity contribution is 6.33. The summed E-state index contributed by atoms with van der Waals surface area (Å²) in [4.78, 5) is 25.4. The van der Waals surface area contributed by atoms with Crippen molar-refractivity contribution in [1.82, 2.24) is 5.16 Å². The minimum absolute atomic E-state index is 0.0108. The lowest BCUT2D eigenvalue weighted by atomic mass is 10.0. The fourth-order valence-electron chi connectivity index (χ4n) is 3.20. The molecule has 6 nitrogen and oxygen atoms in total. The number of nitrogens with one attached hydrogen (secondary N) is 2. The molecule has 4 aromatic rings. The summed E-state index contributed by atoms with van der Waals surface area (Å²) in [6.07, 6.45) is 0. The molecule has 0 aliphatic carbocycles. The molecule has 0 radical (unpaired) electrons. The minimum atomic E-state index is -0.620. The number of hydrogen-bond acceptors (Lipinski definition) is 4. The zero-order valence-corrected chi connectivity index (χ0v) is 17.6. The molecule has 3 aromatic carbocycles. The second kappa shape index (κ2) is 9.03. The van der Waals surface area contributed by atoms with Crippen LogP contribution in [0.15, 0.2) is 77.3 Å². The van der Waals surface area contributed by atoms with E-state index < -0.39 is 11.7 Å². The average Bonchev–Trinajstić information content (AvgIpc) is 3.15. The van der Waals surface area contributed by atoms with Gasteiger partial charge in [-0.15, -0.1) is 0 Å². The first kappa shape index (κ1) is 21.3. The van der Waals surface area contributed by atoms with E-state index in [9.17, 15) is 14.0 Å². The Labute approximate surface area is 188 Å². The van der Waals surface area contributed by atoms with Crippen LogP contribution in [0.3, 0.4) is 0 Å². The number of halogens is 2. The molecule has 0 unspecified atom stereocenters. The molecule has 0 aliphatic heterocycles. The van der Waals surface area contributed by atoms with Crippen LogP contribution in [0.25, 0.3) is 11.3 Å². The van der Waals surface area contributed by atoms with Crippen LogP contribution in [-0.4, -0.2) is 17.0 Å². The summed E-state index contributed by atoms with van der Waals surface area (Å²) in [5.41, 5.74) is 1.49. The quantitative estimate of drug-likeness (QED) is 0.394. The van der Waals surface area contributed by atoms with Crippen molar-refractivity contribution in [2.45, 2.75) is 6.92 Å². The van der Waals surface area contributed by atoms with E-state index >= 15 is 0 Å². The zero-order chi connectivity index (χ0) is 22.7. The molecule has 0 spiro atoms. The largest absolute Gasteiger partial charge is 0.360 e. The van der Waals surface area contributed by atoms with Gasteiger partial charge < -0.3 is 15.2 Å². The van der Waals surface area contributed by atoms with E-state index in [0.29, 0.717) is 16.9 Å². The SMILES string of the molecule is Cc1onc(-c2c(F)cccc2Cl)c1C(=O)Nc1cccc(NC(=O)c2ccccc2)c1. The van der Waals surface area contributed by atoms with Gasteiger partial charge in [0.15, 0.2) is 0 Å². The third kappa shape index (κ3) is 4.38. The fraction of sp³-hybridized carbons (Fsp3) is 0.0417. The van der Waals surface area contributed by atoms with E-state index in [-0.39, 0.29) is 33.5 Å². The normalized spacial score (nSPS) is 10.6. The second-order valence-electron chi connectivity index (χ2n) is 6.91. The number of hydrogen-bond donors (Lipinski definition) is 2. The van der Waals surface area contributed by atoms with Crippen LogP contribution in [-0.2, 0) is 0 Å². The van der Waals surface area contributed by atoms with Crippen LogP contribution >= 0.6 is 11.6 Å². The maximum atomic E-state index is 14.4. The van der Waals surface area contributed by atoms with Crippen molar-refractivity contribution in [3.8, 4) is 11.3 Å². The van der Waals surface area contributed by atoms with E-state index in [2.05, 4.69) is 15.8 Å². The number of anilines is 2. The Hall–Kier alpha value is -3.97. The number of amides is 2. The standard InChI is InChI=1S/C24H17ClFN3O3/c1-14-20(22(29-32-14)21-18(25)11-6-12-19(21)26)24(31)28-17-10-5-9-16(13-17)27-23(30)15-7-3-2-4-8-15/h2-13H,1H3,(H,27,30)(H,28,31). The lowest BCUT2D eigenvalue weighted by Gasteiger charge is -2.10. The highest BCUT2D eigenvalue weighted by Crippen LogP contribution is 2.33. The molecule has 160 valence electrons. The Bertz CT molecular complexity index is 1280. The number of aromatic nitrogens is 1. The van der Waals surface area contributed by atoms with Crippen molar-refractivity contribution in [3.05, 3.63) is 101 Å². The number of carbonyl (C=O) groups is 2. The van der Waals surface area contributed by atoms with Crippen molar-refractivity contribution in [1.29, 1.82) is 0 Å². The summed E-state index contributed by atoms with van der Waals surface area (Å²) in [6, 6.07) is 19.6. The molecule has 0 saturated carbocycles.